The molecule has 1 aromatic carbocycles. The van der Waals surface area contributed by atoms with E-state index in [1.54, 1.807) is 31.4 Å². The molecular formula is C47H73N7O4. The summed E-state index contributed by atoms with van der Waals surface area (Å²) in [6.07, 6.45) is 11.6. The van der Waals surface area contributed by atoms with Gasteiger partial charge in [0.15, 0.2) is 5.65 Å². The molecule has 1 aliphatic heterocycles. The van der Waals surface area contributed by atoms with E-state index >= 15 is 0 Å². The van der Waals surface area contributed by atoms with Crippen LogP contribution in [-0.4, -0.2) is 68.4 Å². The van der Waals surface area contributed by atoms with E-state index < -0.39 is 0 Å². The van der Waals surface area contributed by atoms with Crippen molar-refractivity contribution in [2.45, 2.75) is 140 Å². The van der Waals surface area contributed by atoms with Gasteiger partial charge in [0.25, 0.3) is 5.91 Å². The van der Waals surface area contributed by atoms with Crippen LogP contribution in [0.5, 0.6) is 0 Å². The summed E-state index contributed by atoms with van der Waals surface area (Å²) in [7, 11) is 3.46. The number of hydrogen-bond acceptors (Lipinski definition) is 8. The smallest absolute Gasteiger partial charge is 0.306 e. The molecule has 11 nitrogen and oxygen atoms in total. The van der Waals surface area contributed by atoms with Gasteiger partial charge in [-0.3, -0.25) is 19.0 Å². The van der Waals surface area contributed by atoms with Gasteiger partial charge >= 0.3 is 5.97 Å². The highest BCUT2D eigenvalue weighted by Gasteiger charge is 2.25. The molecule has 1 N–H and O–H groups in total. The molecule has 0 aliphatic carbocycles. The van der Waals surface area contributed by atoms with Gasteiger partial charge in [-0.2, -0.15) is 4.98 Å². The third-order valence-corrected chi connectivity index (χ3v) is 9.11. The minimum absolute atomic E-state index is 0.102. The number of nitrogens with one attached hydrogen (secondary N) is 1. The Bertz CT molecular complexity index is 1840. The lowest BCUT2D eigenvalue weighted by Crippen LogP contribution is -2.37. The second kappa shape index (κ2) is 23.6. The van der Waals surface area contributed by atoms with E-state index in [4.69, 9.17) is 9.72 Å². The normalized spacial score (nSPS) is 15.6. The summed E-state index contributed by atoms with van der Waals surface area (Å²) >= 11 is 0. The van der Waals surface area contributed by atoms with Crippen LogP contribution in [0.15, 0.2) is 60.9 Å². The lowest BCUT2D eigenvalue weighted by molar-refractivity contribution is -0.154. The molecule has 3 aromatic heterocycles. The Labute approximate surface area is 349 Å². The molecule has 320 valence electrons. The Morgan fingerprint density at radius 1 is 0.879 bits per heavy atom. The first-order chi connectivity index (χ1) is 27.3. The average Bonchev–Trinajstić information content (AvgIpc) is 3.54. The number of rotatable bonds is 9. The van der Waals surface area contributed by atoms with Crippen LogP contribution in [-0.2, 0) is 14.3 Å². The Kier molecular flexibility index (Phi) is 20.1. The minimum atomic E-state index is -0.327. The lowest BCUT2D eigenvalue weighted by atomic mass is 9.90. The molecule has 4 aromatic rings. The molecule has 2 amide bonds. The molecule has 1 fully saturated rings. The van der Waals surface area contributed by atoms with Crippen LogP contribution >= 0.6 is 0 Å². The van der Waals surface area contributed by atoms with Gasteiger partial charge in [-0.1, -0.05) is 93.4 Å². The van der Waals surface area contributed by atoms with Crippen molar-refractivity contribution in [1.82, 2.24) is 24.4 Å². The van der Waals surface area contributed by atoms with Crippen molar-refractivity contribution < 1.29 is 19.1 Å². The van der Waals surface area contributed by atoms with Gasteiger partial charge in [0, 0.05) is 50.8 Å². The Morgan fingerprint density at radius 3 is 2.07 bits per heavy atom. The number of fused-ring (bicyclic) bond motifs is 1. The SMILES string of the molecule is CC.CC1CCC(C)CN(c2ccc(Nc3ncc4cc(C(=O)N(C)C)n(-c5ccccc5)c4n3)nc2)C(=O)C1.CCCC(=O)OC(C)(C)C.CCCCC(C)(C)C. The zero-order chi connectivity index (χ0) is 43.6. The van der Waals surface area contributed by atoms with Gasteiger partial charge < -0.3 is 19.9 Å². The third kappa shape index (κ3) is 16.6. The van der Waals surface area contributed by atoms with Crippen molar-refractivity contribution in [3.05, 3.63) is 66.6 Å². The molecule has 58 heavy (non-hydrogen) atoms. The number of hydrogen-bond donors (Lipinski definition) is 1. The fraction of sp³-hybridized carbons (Fsp3) is 0.574. The van der Waals surface area contributed by atoms with Gasteiger partial charge in [0.05, 0.1) is 11.9 Å². The highest BCUT2D eigenvalue weighted by Crippen LogP contribution is 2.28. The summed E-state index contributed by atoms with van der Waals surface area (Å²) < 4.78 is 6.88. The maximum absolute atomic E-state index is 13.0. The molecule has 5 rings (SSSR count). The maximum atomic E-state index is 13.0. The maximum Gasteiger partial charge on any atom is 0.306 e. The van der Waals surface area contributed by atoms with Crippen molar-refractivity contribution >= 4 is 46.3 Å². The molecule has 11 heteroatoms. The largest absolute Gasteiger partial charge is 0.460 e. The summed E-state index contributed by atoms with van der Waals surface area (Å²) in [5, 5.41) is 3.93. The molecule has 4 heterocycles. The number of carbonyl (C=O) groups is 3. The topological polar surface area (TPSA) is 123 Å². The number of ether oxygens (including phenoxy) is 1. The Hall–Kier alpha value is -4.80. The van der Waals surface area contributed by atoms with E-state index in [0.29, 0.717) is 59.7 Å². The number of esters is 1. The fourth-order valence-corrected chi connectivity index (χ4v) is 6.15. The lowest BCUT2D eigenvalue weighted by Gasteiger charge is -2.30. The fourth-order valence-electron chi connectivity index (χ4n) is 6.15. The molecule has 2 unspecified atom stereocenters. The van der Waals surface area contributed by atoms with E-state index in [9.17, 15) is 14.4 Å². The van der Waals surface area contributed by atoms with Gasteiger partial charge in [0.1, 0.15) is 17.1 Å². The van der Waals surface area contributed by atoms with Crippen molar-refractivity contribution in [2.75, 3.05) is 30.9 Å². The van der Waals surface area contributed by atoms with E-state index in [-0.39, 0.29) is 23.4 Å². The summed E-state index contributed by atoms with van der Waals surface area (Å²) in [4.78, 5) is 53.8. The Balaban J connectivity index is 0.000000481. The summed E-state index contributed by atoms with van der Waals surface area (Å²) in [6, 6.07) is 15.2. The van der Waals surface area contributed by atoms with Crippen LogP contribution in [0.1, 0.15) is 145 Å². The molecule has 0 saturated carbocycles. The van der Waals surface area contributed by atoms with Crippen molar-refractivity contribution in [2.24, 2.45) is 17.3 Å². The van der Waals surface area contributed by atoms with Crippen LogP contribution in [0, 0.1) is 17.3 Å². The third-order valence-electron chi connectivity index (χ3n) is 9.11. The first-order valence-electron chi connectivity index (χ1n) is 21.2. The monoisotopic (exact) mass is 800 g/mol. The number of para-hydroxylation sites is 1. The standard InChI is InChI=1S/C29H33N7O2.C8H16O2.C8H18.C2H6/c1-19-10-11-20(2)18-35(26(37)14-19)23-12-13-25(30-17-23)32-29-31-16-21-15-24(28(38)34(3)4)36(27(21)33-29)22-8-6-5-7-9-22;1-5-6-7(9)10-8(2,3)4;1-5-6-7-8(2,3)4;1-2/h5-9,12-13,15-17,19-20H,10-11,14,18H2,1-4H3,(H,30,31,32,33);5-6H2,1-4H3;5-7H2,1-4H3;1-2H3. The van der Waals surface area contributed by atoms with Crippen LogP contribution in [0.25, 0.3) is 16.7 Å². The predicted octanol–water partition coefficient (Wildman–Crippen LogP) is 11.4. The first-order valence-corrected chi connectivity index (χ1v) is 21.2. The molecular weight excluding hydrogens is 727 g/mol. The van der Waals surface area contributed by atoms with E-state index in [2.05, 4.69) is 56.8 Å². The summed E-state index contributed by atoms with van der Waals surface area (Å²) in [5.41, 5.74) is 2.97. The highest BCUT2D eigenvalue weighted by atomic mass is 16.6. The second-order valence-corrected chi connectivity index (χ2v) is 17.4. The van der Waals surface area contributed by atoms with E-state index in [1.165, 1.54) is 19.3 Å². The van der Waals surface area contributed by atoms with Crippen molar-refractivity contribution in [3.63, 3.8) is 0 Å². The highest BCUT2D eigenvalue weighted by molar-refractivity contribution is 5.99. The van der Waals surface area contributed by atoms with Crippen LogP contribution in [0.4, 0.5) is 17.5 Å². The quantitative estimate of drug-likeness (QED) is 0.166. The molecule has 1 saturated heterocycles. The zero-order valence-corrected chi connectivity index (χ0v) is 38.1. The van der Waals surface area contributed by atoms with Crippen molar-refractivity contribution in [3.8, 4) is 5.69 Å². The van der Waals surface area contributed by atoms with Gasteiger partial charge in [-0.05, 0) is 94.0 Å². The van der Waals surface area contributed by atoms with Crippen LogP contribution < -0.4 is 10.2 Å². The van der Waals surface area contributed by atoms with Gasteiger partial charge in [-0.15, -0.1) is 0 Å². The summed E-state index contributed by atoms with van der Waals surface area (Å²) in [6.45, 7) is 25.7. The number of pyridine rings is 1. The molecule has 0 bridgehead atoms. The minimum Gasteiger partial charge on any atom is -0.460 e. The van der Waals surface area contributed by atoms with Gasteiger partial charge in [-0.25, -0.2) is 9.97 Å². The number of nitrogens with zero attached hydrogens (tertiary/aromatic N) is 6. The molecule has 0 spiro atoms. The number of aromatic nitrogens is 4. The molecule has 1 aliphatic rings. The van der Waals surface area contributed by atoms with Crippen LogP contribution in [0.3, 0.4) is 0 Å². The number of anilines is 3. The number of carbonyl (C=O) groups excluding carboxylic acids is 3. The van der Waals surface area contributed by atoms with Crippen molar-refractivity contribution in [1.29, 1.82) is 0 Å². The second-order valence-electron chi connectivity index (χ2n) is 17.4. The first kappa shape index (κ1) is 49.3. The average molecular weight is 800 g/mol. The number of unbranched alkanes of at least 4 members (excludes halogenated alkanes) is 1. The predicted molar refractivity (Wildman–Crippen MR) is 240 cm³/mol. The van der Waals surface area contributed by atoms with Crippen LogP contribution in [0.2, 0.25) is 0 Å². The van der Waals surface area contributed by atoms with E-state index in [0.717, 1.165) is 36.0 Å². The molecule has 2 atom stereocenters. The Morgan fingerprint density at radius 2 is 1.53 bits per heavy atom. The number of amides is 2. The molecule has 0 radical (unpaired) electrons. The van der Waals surface area contributed by atoms with E-state index in [1.807, 2.05) is 99.5 Å². The summed E-state index contributed by atoms with van der Waals surface area (Å²) in [5.74, 6) is 1.67. The zero-order valence-electron chi connectivity index (χ0n) is 38.1. The number of benzene rings is 1. The van der Waals surface area contributed by atoms with Gasteiger partial charge in [0.2, 0.25) is 11.9 Å².